The van der Waals surface area contributed by atoms with Crippen LogP contribution >= 0.6 is 0 Å². The number of para-hydroxylation sites is 4. The molecule has 0 aliphatic carbocycles. The standard InChI is InChI=1S/C19H17N5O3/c25-16(23-19-21-12-5-1-2-6-13(12)22-19)9-10-18(27)24-11-17(26)20-14-7-3-4-8-15(14)24/h1-8H,9-11H2,(H,20,26)(H2,21,22,23,25). The number of anilines is 3. The lowest BCUT2D eigenvalue weighted by atomic mass is 10.1. The van der Waals surface area contributed by atoms with Gasteiger partial charge in [-0.15, -0.1) is 0 Å². The molecule has 2 aromatic carbocycles. The summed E-state index contributed by atoms with van der Waals surface area (Å²) >= 11 is 0. The van der Waals surface area contributed by atoms with Gasteiger partial charge >= 0.3 is 0 Å². The molecule has 2 heterocycles. The zero-order valence-corrected chi connectivity index (χ0v) is 14.4. The molecule has 8 heteroatoms. The number of fused-ring (bicyclic) bond motifs is 2. The first-order valence-corrected chi connectivity index (χ1v) is 8.54. The molecule has 1 aromatic heterocycles. The van der Waals surface area contributed by atoms with Gasteiger partial charge in [0.15, 0.2) is 0 Å². The fourth-order valence-corrected chi connectivity index (χ4v) is 3.02. The van der Waals surface area contributed by atoms with Gasteiger partial charge in [-0.25, -0.2) is 4.98 Å². The van der Waals surface area contributed by atoms with E-state index in [1.165, 1.54) is 4.90 Å². The topological polar surface area (TPSA) is 107 Å². The Hall–Kier alpha value is -3.68. The summed E-state index contributed by atoms with van der Waals surface area (Å²) < 4.78 is 0. The molecule has 1 aliphatic rings. The first-order valence-electron chi connectivity index (χ1n) is 8.54. The van der Waals surface area contributed by atoms with E-state index < -0.39 is 0 Å². The Morgan fingerprint density at radius 1 is 1.07 bits per heavy atom. The number of amides is 3. The Bertz CT molecular complexity index is 1010. The highest BCUT2D eigenvalue weighted by Gasteiger charge is 2.26. The predicted molar refractivity (Wildman–Crippen MR) is 101 cm³/mol. The summed E-state index contributed by atoms with van der Waals surface area (Å²) in [5, 5.41) is 5.39. The second kappa shape index (κ2) is 6.91. The molecule has 3 amide bonds. The quantitative estimate of drug-likeness (QED) is 0.661. The number of nitrogens with one attached hydrogen (secondary N) is 3. The largest absolute Gasteiger partial charge is 0.324 e. The van der Waals surface area contributed by atoms with Crippen molar-refractivity contribution in [2.75, 3.05) is 22.1 Å². The molecule has 0 radical (unpaired) electrons. The van der Waals surface area contributed by atoms with Crippen LogP contribution in [0.15, 0.2) is 48.5 Å². The molecule has 8 nitrogen and oxygen atoms in total. The van der Waals surface area contributed by atoms with E-state index in [0.717, 1.165) is 11.0 Å². The van der Waals surface area contributed by atoms with Gasteiger partial charge in [0, 0.05) is 12.8 Å². The molecule has 0 saturated heterocycles. The highest BCUT2D eigenvalue weighted by Crippen LogP contribution is 2.29. The van der Waals surface area contributed by atoms with E-state index in [-0.39, 0.29) is 37.1 Å². The van der Waals surface area contributed by atoms with Gasteiger partial charge in [0.05, 0.1) is 22.4 Å². The van der Waals surface area contributed by atoms with Crippen LogP contribution in [0.5, 0.6) is 0 Å². The monoisotopic (exact) mass is 363 g/mol. The van der Waals surface area contributed by atoms with Crippen molar-refractivity contribution in [2.45, 2.75) is 12.8 Å². The molecule has 0 unspecified atom stereocenters. The number of carbonyl (C=O) groups is 3. The van der Waals surface area contributed by atoms with Crippen molar-refractivity contribution in [1.29, 1.82) is 0 Å². The molecule has 0 atom stereocenters. The molecular formula is C19H17N5O3. The third-order valence-electron chi connectivity index (χ3n) is 4.28. The predicted octanol–water partition coefficient (Wildman–Crippen LogP) is 2.27. The highest BCUT2D eigenvalue weighted by molar-refractivity contribution is 6.10. The lowest BCUT2D eigenvalue weighted by molar-refractivity contribution is -0.124. The van der Waals surface area contributed by atoms with Crippen LogP contribution in [-0.2, 0) is 14.4 Å². The van der Waals surface area contributed by atoms with Gasteiger partial charge in [-0.3, -0.25) is 19.7 Å². The van der Waals surface area contributed by atoms with Gasteiger partial charge in [-0.2, -0.15) is 0 Å². The summed E-state index contributed by atoms with van der Waals surface area (Å²) in [6, 6.07) is 14.5. The normalized spacial score (nSPS) is 13.2. The first kappa shape index (κ1) is 16.8. The van der Waals surface area contributed by atoms with Crippen molar-refractivity contribution in [2.24, 2.45) is 0 Å². The first-order chi connectivity index (χ1) is 13.1. The number of hydrogen-bond donors (Lipinski definition) is 3. The number of H-pyrrole nitrogens is 1. The average molecular weight is 363 g/mol. The molecule has 27 heavy (non-hydrogen) atoms. The molecule has 0 spiro atoms. The van der Waals surface area contributed by atoms with Crippen LogP contribution in [0.1, 0.15) is 12.8 Å². The lowest BCUT2D eigenvalue weighted by Crippen LogP contribution is -2.42. The summed E-state index contributed by atoms with van der Waals surface area (Å²) in [6.45, 7) is -0.0545. The van der Waals surface area contributed by atoms with E-state index in [4.69, 9.17) is 0 Å². The zero-order chi connectivity index (χ0) is 18.8. The maximum atomic E-state index is 12.5. The summed E-state index contributed by atoms with van der Waals surface area (Å²) in [4.78, 5) is 45.2. The Morgan fingerprint density at radius 3 is 2.70 bits per heavy atom. The number of imidazole rings is 1. The second-order valence-electron chi connectivity index (χ2n) is 6.20. The molecule has 0 saturated carbocycles. The number of hydrogen-bond acceptors (Lipinski definition) is 4. The average Bonchev–Trinajstić information content (AvgIpc) is 3.07. The number of aromatic amines is 1. The minimum absolute atomic E-state index is 0.00381. The number of carbonyl (C=O) groups excluding carboxylic acids is 3. The number of nitrogens with zero attached hydrogens (tertiary/aromatic N) is 2. The van der Waals surface area contributed by atoms with Crippen LogP contribution < -0.4 is 15.5 Å². The Balaban J connectivity index is 1.39. The van der Waals surface area contributed by atoms with E-state index in [0.29, 0.717) is 17.3 Å². The van der Waals surface area contributed by atoms with Crippen LogP contribution in [0.2, 0.25) is 0 Å². The van der Waals surface area contributed by atoms with Gasteiger partial charge in [0.1, 0.15) is 6.54 Å². The third kappa shape index (κ3) is 3.50. The highest BCUT2D eigenvalue weighted by atomic mass is 16.2. The number of rotatable bonds is 4. The van der Waals surface area contributed by atoms with E-state index in [2.05, 4.69) is 20.6 Å². The maximum Gasteiger partial charge on any atom is 0.244 e. The molecular weight excluding hydrogens is 346 g/mol. The molecule has 4 rings (SSSR count). The zero-order valence-electron chi connectivity index (χ0n) is 14.4. The Morgan fingerprint density at radius 2 is 1.85 bits per heavy atom. The molecule has 0 bridgehead atoms. The maximum absolute atomic E-state index is 12.5. The smallest absolute Gasteiger partial charge is 0.244 e. The summed E-state index contributed by atoms with van der Waals surface area (Å²) in [5.74, 6) is -0.515. The molecule has 136 valence electrons. The van der Waals surface area contributed by atoms with Crippen molar-refractivity contribution >= 4 is 46.1 Å². The molecule has 3 aromatic rings. The summed E-state index contributed by atoms with van der Waals surface area (Å²) in [6.07, 6.45) is -0.0101. The Labute approximate surface area is 154 Å². The minimum Gasteiger partial charge on any atom is -0.324 e. The molecule has 0 fully saturated rings. The van der Waals surface area contributed by atoms with Crippen molar-refractivity contribution < 1.29 is 14.4 Å². The van der Waals surface area contributed by atoms with E-state index in [1.807, 2.05) is 24.3 Å². The van der Waals surface area contributed by atoms with Crippen LogP contribution in [-0.4, -0.2) is 34.2 Å². The second-order valence-corrected chi connectivity index (χ2v) is 6.20. The summed E-state index contributed by atoms with van der Waals surface area (Å²) in [5.41, 5.74) is 2.80. The van der Waals surface area contributed by atoms with Crippen LogP contribution in [0.3, 0.4) is 0 Å². The van der Waals surface area contributed by atoms with E-state index >= 15 is 0 Å². The van der Waals surface area contributed by atoms with Crippen molar-refractivity contribution in [3.05, 3.63) is 48.5 Å². The van der Waals surface area contributed by atoms with Crippen molar-refractivity contribution in [1.82, 2.24) is 9.97 Å². The van der Waals surface area contributed by atoms with Gasteiger partial charge in [0.25, 0.3) is 0 Å². The van der Waals surface area contributed by atoms with Gasteiger partial charge in [-0.1, -0.05) is 24.3 Å². The lowest BCUT2D eigenvalue weighted by Gasteiger charge is -2.29. The van der Waals surface area contributed by atoms with Crippen LogP contribution in [0.4, 0.5) is 17.3 Å². The van der Waals surface area contributed by atoms with Gasteiger partial charge in [0.2, 0.25) is 23.7 Å². The number of aromatic nitrogens is 2. The fourth-order valence-electron chi connectivity index (χ4n) is 3.02. The van der Waals surface area contributed by atoms with Gasteiger partial charge < -0.3 is 15.2 Å². The minimum atomic E-state index is -0.322. The van der Waals surface area contributed by atoms with E-state index in [1.54, 1.807) is 24.3 Å². The molecule has 3 N–H and O–H groups in total. The van der Waals surface area contributed by atoms with Crippen molar-refractivity contribution in [3.8, 4) is 0 Å². The Kier molecular flexibility index (Phi) is 4.29. The van der Waals surface area contributed by atoms with Crippen molar-refractivity contribution in [3.63, 3.8) is 0 Å². The SMILES string of the molecule is O=C(CCC(=O)N1CC(=O)Nc2ccccc21)Nc1nc2ccccc2[nH]1. The fraction of sp³-hybridized carbons (Fsp3) is 0.158. The van der Waals surface area contributed by atoms with Crippen LogP contribution in [0, 0.1) is 0 Å². The number of benzene rings is 2. The van der Waals surface area contributed by atoms with Crippen LogP contribution in [0.25, 0.3) is 11.0 Å². The molecule has 1 aliphatic heterocycles. The summed E-state index contributed by atoms with van der Waals surface area (Å²) in [7, 11) is 0. The van der Waals surface area contributed by atoms with E-state index in [9.17, 15) is 14.4 Å². The van der Waals surface area contributed by atoms with Gasteiger partial charge in [-0.05, 0) is 24.3 Å². The third-order valence-corrected chi connectivity index (χ3v) is 4.28.